The number of aryl methyl sites for hydroxylation is 1. The molecule has 138 valence electrons. The van der Waals surface area contributed by atoms with Crippen LogP contribution in [0.5, 0.6) is 5.75 Å². The van der Waals surface area contributed by atoms with Crippen molar-refractivity contribution in [2.75, 3.05) is 11.9 Å². The first-order valence-corrected chi connectivity index (χ1v) is 8.99. The highest BCUT2D eigenvalue weighted by Crippen LogP contribution is 2.39. The van der Waals surface area contributed by atoms with Crippen molar-refractivity contribution in [2.24, 2.45) is 0 Å². The number of hydrogen-bond donors (Lipinski definition) is 1. The Bertz CT molecular complexity index is 835. The molecule has 3 rings (SSSR count). The molecule has 0 fully saturated rings. The Kier molecular flexibility index (Phi) is 5.51. The minimum absolute atomic E-state index is 0.105. The first kappa shape index (κ1) is 18.3. The van der Waals surface area contributed by atoms with Crippen molar-refractivity contribution in [3.63, 3.8) is 0 Å². The number of nitrogens with one attached hydrogen (secondary N) is 1. The van der Waals surface area contributed by atoms with E-state index in [4.69, 9.17) is 4.74 Å². The zero-order chi connectivity index (χ0) is 18.7. The van der Waals surface area contributed by atoms with E-state index in [1.54, 1.807) is 6.92 Å². The molecule has 0 aliphatic heterocycles. The van der Waals surface area contributed by atoms with Crippen molar-refractivity contribution in [3.8, 4) is 5.75 Å². The number of thiophene rings is 1. The number of alkyl halides is 2. The van der Waals surface area contributed by atoms with Crippen molar-refractivity contribution in [1.29, 1.82) is 0 Å². The van der Waals surface area contributed by atoms with Gasteiger partial charge in [-0.25, -0.2) is 4.79 Å². The van der Waals surface area contributed by atoms with E-state index < -0.39 is 18.5 Å². The third-order valence-electron chi connectivity index (χ3n) is 3.95. The van der Waals surface area contributed by atoms with Crippen LogP contribution in [-0.2, 0) is 17.6 Å². The van der Waals surface area contributed by atoms with Crippen LogP contribution in [0.2, 0.25) is 0 Å². The number of esters is 1. The molecule has 0 saturated carbocycles. The minimum Gasteiger partial charge on any atom is -0.462 e. The zero-order valence-electron chi connectivity index (χ0n) is 14.0. The highest BCUT2D eigenvalue weighted by molar-refractivity contribution is 7.17. The minimum atomic E-state index is -2.97. The van der Waals surface area contributed by atoms with Gasteiger partial charge in [0.2, 0.25) is 0 Å². The second kappa shape index (κ2) is 7.82. The lowest BCUT2D eigenvalue weighted by molar-refractivity contribution is -0.0498. The van der Waals surface area contributed by atoms with Gasteiger partial charge in [0.25, 0.3) is 5.91 Å². The molecule has 0 atom stereocenters. The van der Waals surface area contributed by atoms with Crippen molar-refractivity contribution < 1.29 is 27.8 Å². The fraction of sp³-hybridized carbons (Fsp3) is 0.333. The molecule has 1 heterocycles. The maximum absolute atomic E-state index is 12.5. The van der Waals surface area contributed by atoms with Crippen LogP contribution < -0.4 is 10.1 Å². The number of amides is 1. The quantitative estimate of drug-likeness (QED) is 0.759. The Labute approximate surface area is 152 Å². The molecule has 1 N–H and O–H groups in total. The molecule has 0 unspecified atom stereocenters. The summed E-state index contributed by atoms with van der Waals surface area (Å²) in [4.78, 5) is 25.9. The normalized spacial score (nSPS) is 12.8. The Morgan fingerprint density at radius 2 is 2.12 bits per heavy atom. The van der Waals surface area contributed by atoms with Gasteiger partial charge in [-0.2, -0.15) is 8.78 Å². The van der Waals surface area contributed by atoms with Crippen LogP contribution in [0.4, 0.5) is 13.8 Å². The van der Waals surface area contributed by atoms with Crippen LogP contribution in [0.15, 0.2) is 24.3 Å². The topological polar surface area (TPSA) is 64.6 Å². The van der Waals surface area contributed by atoms with Gasteiger partial charge in [0.15, 0.2) is 0 Å². The number of halogens is 2. The summed E-state index contributed by atoms with van der Waals surface area (Å²) in [5.74, 6) is -1.07. The molecule has 5 nitrogen and oxygen atoms in total. The van der Waals surface area contributed by atoms with Gasteiger partial charge in [-0.15, -0.1) is 11.3 Å². The van der Waals surface area contributed by atoms with Crippen LogP contribution >= 0.6 is 11.3 Å². The van der Waals surface area contributed by atoms with Crippen molar-refractivity contribution in [1.82, 2.24) is 0 Å². The average molecular weight is 381 g/mol. The van der Waals surface area contributed by atoms with Gasteiger partial charge in [-0.3, -0.25) is 4.79 Å². The standard InChI is InChI=1S/C18H17F2NO4S/c1-2-24-17(23)14-12-7-4-8-13(12)26-16(14)21-15(22)10-5-3-6-11(9-10)25-18(19)20/h3,5-6,9,18H,2,4,7-8H2,1H3,(H,21,22). The predicted octanol–water partition coefficient (Wildman–Crippen LogP) is 4.27. The maximum atomic E-state index is 12.5. The maximum Gasteiger partial charge on any atom is 0.387 e. The number of hydrogen-bond acceptors (Lipinski definition) is 5. The van der Waals surface area contributed by atoms with Gasteiger partial charge in [0.1, 0.15) is 10.8 Å². The monoisotopic (exact) mass is 381 g/mol. The Morgan fingerprint density at radius 1 is 1.31 bits per heavy atom. The number of rotatable bonds is 6. The van der Waals surface area contributed by atoms with E-state index in [2.05, 4.69) is 10.1 Å². The van der Waals surface area contributed by atoms with Gasteiger partial charge in [-0.05, 0) is 49.9 Å². The highest BCUT2D eigenvalue weighted by atomic mass is 32.1. The smallest absolute Gasteiger partial charge is 0.387 e. The molecule has 1 aromatic heterocycles. The van der Waals surface area contributed by atoms with Crippen LogP contribution in [0, 0.1) is 0 Å². The molecule has 1 aromatic carbocycles. The molecule has 0 spiro atoms. The summed E-state index contributed by atoms with van der Waals surface area (Å²) in [6.45, 7) is -1.01. The molecule has 26 heavy (non-hydrogen) atoms. The predicted molar refractivity (Wildman–Crippen MR) is 93.3 cm³/mol. The van der Waals surface area contributed by atoms with Crippen molar-refractivity contribution >= 4 is 28.2 Å². The van der Waals surface area contributed by atoms with Gasteiger partial charge >= 0.3 is 12.6 Å². The van der Waals surface area contributed by atoms with E-state index in [1.807, 2.05) is 0 Å². The van der Waals surface area contributed by atoms with E-state index >= 15 is 0 Å². The highest BCUT2D eigenvalue weighted by Gasteiger charge is 2.28. The lowest BCUT2D eigenvalue weighted by Gasteiger charge is -2.09. The number of carbonyl (C=O) groups is 2. The number of benzene rings is 1. The second-order valence-electron chi connectivity index (χ2n) is 5.64. The van der Waals surface area contributed by atoms with Crippen LogP contribution in [0.3, 0.4) is 0 Å². The first-order valence-electron chi connectivity index (χ1n) is 8.17. The number of carbonyl (C=O) groups excluding carboxylic acids is 2. The Balaban J connectivity index is 1.85. The van der Waals surface area contributed by atoms with E-state index in [-0.39, 0.29) is 17.9 Å². The van der Waals surface area contributed by atoms with Crippen LogP contribution in [0.1, 0.15) is 44.5 Å². The largest absolute Gasteiger partial charge is 0.462 e. The van der Waals surface area contributed by atoms with Gasteiger partial charge in [-0.1, -0.05) is 6.07 Å². The van der Waals surface area contributed by atoms with Crippen molar-refractivity contribution in [3.05, 3.63) is 45.8 Å². The summed E-state index contributed by atoms with van der Waals surface area (Å²) >= 11 is 1.36. The Hall–Kier alpha value is -2.48. The van der Waals surface area contributed by atoms with Crippen LogP contribution in [0.25, 0.3) is 0 Å². The number of fused-ring (bicyclic) bond motifs is 1. The third kappa shape index (κ3) is 3.85. The second-order valence-corrected chi connectivity index (χ2v) is 6.75. The summed E-state index contributed by atoms with van der Waals surface area (Å²) in [7, 11) is 0. The average Bonchev–Trinajstić information content (AvgIpc) is 3.15. The van der Waals surface area contributed by atoms with Gasteiger partial charge in [0, 0.05) is 10.4 Å². The molecule has 0 saturated heterocycles. The molecule has 8 heteroatoms. The summed E-state index contributed by atoms with van der Waals surface area (Å²) < 4.78 is 34.1. The van der Waals surface area contributed by atoms with E-state index in [0.29, 0.717) is 10.6 Å². The SMILES string of the molecule is CCOC(=O)c1c(NC(=O)c2cccc(OC(F)F)c2)sc2c1CCC2. The zero-order valence-corrected chi connectivity index (χ0v) is 14.8. The molecule has 1 aliphatic carbocycles. The molecular weight excluding hydrogens is 364 g/mol. The molecule has 2 aromatic rings. The molecule has 1 aliphatic rings. The molecule has 0 radical (unpaired) electrons. The van der Waals surface area contributed by atoms with E-state index in [9.17, 15) is 18.4 Å². The summed E-state index contributed by atoms with van der Waals surface area (Å²) in [5.41, 5.74) is 1.49. The third-order valence-corrected chi connectivity index (χ3v) is 5.16. The number of ether oxygens (including phenoxy) is 2. The fourth-order valence-electron chi connectivity index (χ4n) is 2.90. The van der Waals surface area contributed by atoms with E-state index in [1.165, 1.54) is 35.6 Å². The van der Waals surface area contributed by atoms with Gasteiger partial charge < -0.3 is 14.8 Å². The molecule has 1 amide bonds. The lowest BCUT2D eigenvalue weighted by Crippen LogP contribution is -2.15. The Morgan fingerprint density at radius 3 is 2.85 bits per heavy atom. The summed E-state index contributed by atoms with van der Waals surface area (Å²) in [6.07, 6.45) is 2.60. The van der Waals surface area contributed by atoms with Crippen molar-refractivity contribution in [2.45, 2.75) is 32.8 Å². The van der Waals surface area contributed by atoms with Crippen LogP contribution in [-0.4, -0.2) is 25.1 Å². The summed E-state index contributed by atoms with van der Waals surface area (Å²) in [5, 5.41) is 3.14. The fourth-order valence-corrected chi connectivity index (χ4v) is 4.17. The first-order chi connectivity index (χ1) is 12.5. The summed E-state index contributed by atoms with van der Waals surface area (Å²) in [6, 6.07) is 5.51. The number of anilines is 1. The van der Waals surface area contributed by atoms with E-state index in [0.717, 1.165) is 29.7 Å². The molecule has 0 bridgehead atoms. The molecular formula is C18H17F2NO4S. The van der Waals surface area contributed by atoms with Gasteiger partial charge in [0.05, 0.1) is 12.2 Å². The lowest BCUT2D eigenvalue weighted by atomic mass is 10.1.